The van der Waals surface area contributed by atoms with E-state index >= 15 is 0 Å². The van der Waals surface area contributed by atoms with Crippen LogP contribution in [-0.4, -0.2) is 34.1 Å². The van der Waals surface area contributed by atoms with Crippen LogP contribution in [0.2, 0.25) is 0 Å². The van der Waals surface area contributed by atoms with Gasteiger partial charge in [0, 0.05) is 12.6 Å². The number of non-ortho nitro benzene ring substituents is 1. The summed E-state index contributed by atoms with van der Waals surface area (Å²) in [5, 5.41) is 11.2. The maximum absolute atomic E-state index is 11.2. The molecule has 2 aromatic rings. The van der Waals surface area contributed by atoms with Gasteiger partial charge >= 0.3 is 0 Å². The average Bonchev–Trinajstić information content (AvgIpc) is 2.52. The molecule has 0 amide bonds. The van der Waals surface area contributed by atoms with Crippen LogP contribution in [-0.2, 0) is 0 Å². The number of hydrogen-bond acceptors (Lipinski definition) is 6. The molecule has 1 saturated heterocycles. The lowest BCUT2D eigenvalue weighted by atomic mass is 10.0. The van der Waals surface area contributed by atoms with Crippen LogP contribution in [0, 0.1) is 10.1 Å². The third kappa shape index (κ3) is 1.88. The number of nitro benzene ring substituents is 1. The molecule has 0 bridgehead atoms. The number of nitro groups is 1. The fraction of sp³-hybridized carbons (Fsp3) is 0.429. The van der Waals surface area contributed by atoms with E-state index in [0.717, 1.165) is 19.4 Å². The van der Waals surface area contributed by atoms with Crippen molar-refractivity contribution in [2.75, 3.05) is 18.1 Å². The summed E-state index contributed by atoms with van der Waals surface area (Å²) < 4.78 is 5.72. The molecule has 2 aliphatic rings. The van der Waals surface area contributed by atoms with Crippen molar-refractivity contribution in [3.8, 4) is 5.88 Å². The molecule has 1 aromatic heterocycles. The SMILES string of the molecule is O=[N+]([O-])c1cccc2nc3c(nc12)N1CCCCC1CO3. The molecular weight excluding hydrogens is 272 g/mol. The summed E-state index contributed by atoms with van der Waals surface area (Å²) in [4.78, 5) is 21.9. The quantitative estimate of drug-likeness (QED) is 0.591. The van der Waals surface area contributed by atoms with Gasteiger partial charge in [0.1, 0.15) is 6.61 Å². The Bertz CT molecular complexity index is 733. The van der Waals surface area contributed by atoms with Gasteiger partial charge in [0.2, 0.25) is 0 Å². The van der Waals surface area contributed by atoms with Gasteiger partial charge in [-0.25, -0.2) is 9.97 Å². The summed E-state index contributed by atoms with van der Waals surface area (Å²) >= 11 is 0. The molecule has 1 aromatic carbocycles. The van der Waals surface area contributed by atoms with Crippen LogP contribution in [0.25, 0.3) is 11.0 Å². The molecule has 3 heterocycles. The molecule has 0 aliphatic carbocycles. The molecule has 7 heteroatoms. The van der Waals surface area contributed by atoms with Crippen LogP contribution in [0.15, 0.2) is 18.2 Å². The lowest BCUT2D eigenvalue weighted by Gasteiger charge is -2.40. The van der Waals surface area contributed by atoms with Gasteiger partial charge in [-0.1, -0.05) is 6.07 Å². The monoisotopic (exact) mass is 286 g/mol. The topological polar surface area (TPSA) is 81.4 Å². The fourth-order valence-electron chi connectivity index (χ4n) is 3.10. The number of rotatable bonds is 1. The Morgan fingerprint density at radius 1 is 1.33 bits per heavy atom. The predicted molar refractivity (Wildman–Crippen MR) is 76.7 cm³/mol. The Morgan fingerprint density at radius 3 is 3.10 bits per heavy atom. The van der Waals surface area contributed by atoms with Crippen molar-refractivity contribution in [2.24, 2.45) is 0 Å². The summed E-state index contributed by atoms with van der Waals surface area (Å²) in [6.45, 7) is 1.52. The van der Waals surface area contributed by atoms with Crippen molar-refractivity contribution in [1.82, 2.24) is 9.97 Å². The Kier molecular flexibility index (Phi) is 2.66. The summed E-state index contributed by atoms with van der Waals surface area (Å²) in [5.41, 5.74) is 0.816. The van der Waals surface area contributed by atoms with Crippen LogP contribution in [0.5, 0.6) is 5.88 Å². The van der Waals surface area contributed by atoms with Crippen molar-refractivity contribution in [3.05, 3.63) is 28.3 Å². The average molecular weight is 286 g/mol. The highest BCUT2D eigenvalue weighted by Gasteiger charge is 2.33. The minimum atomic E-state index is -0.416. The summed E-state index contributed by atoms with van der Waals surface area (Å²) in [7, 11) is 0. The zero-order valence-corrected chi connectivity index (χ0v) is 11.4. The van der Waals surface area contributed by atoms with E-state index < -0.39 is 4.92 Å². The molecule has 2 aliphatic heterocycles. The normalized spacial score (nSPS) is 20.6. The van der Waals surface area contributed by atoms with Crippen LogP contribution in [0.4, 0.5) is 11.5 Å². The minimum Gasteiger partial charge on any atom is -0.473 e. The Balaban J connectivity index is 1.92. The second-order valence-electron chi connectivity index (χ2n) is 5.41. The number of hydrogen-bond donors (Lipinski definition) is 0. The van der Waals surface area contributed by atoms with Gasteiger partial charge in [-0.15, -0.1) is 0 Å². The second-order valence-corrected chi connectivity index (χ2v) is 5.41. The van der Waals surface area contributed by atoms with E-state index in [1.807, 2.05) is 0 Å². The largest absolute Gasteiger partial charge is 0.473 e. The van der Waals surface area contributed by atoms with Gasteiger partial charge in [-0.3, -0.25) is 10.1 Å². The van der Waals surface area contributed by atoms with E-state index in [1.165, 1.54) is 12.5 Å². The lowest BCUT2D eigenvalue weighted by Crippen LogP contribution is -2.46. The predicted octanol–water partition coefficient (Wildman–Crippen LogP) is 2.29. The molecular formula is C14H14N4O3. The highest BCUT2D eigenvalue weighted by molar-refractivity contribution is 5.86. The summed E-state index contributed by atoms with van der Waals surface area (Å²) in [5.74, 6) is 1.13. The molecule has 7 nitrogen and oxygen atoms in total. The smallest absolute Gasteiger partial charge is 0.297 e. The van der Waals surface area contributed by atoms with Crippen molar-refractivity contribution >= 4 is 22.5 Å². The van der Waals surface area contributed by atoms with Crippen LogP contribution < -0.4 is 9.64 Å². The van der Waals surface area contributed by atoms with Crippen molar-refractivity contribution in [3.63, 3.8) is 0 Å². The van der Waals surface area contributed by atoms with E-state index in [9.17, 15) is 10.1 Å². The Hall–Kier alpha value is -2.44. The first-order valence-electron chi connectivity index (χ1n) is 7.08. The fourth-order valence-corrected chi connectivity index (χ4v) is 3.10. The van der Waals surface area contributed by atoms with Gasteiger partial charge < -0.3 is 9.64 Å². The first-order valence-corrected chi connectivity index (χ1v) is 7.08. The molecule has 108 valence electrons. The molecule has 4 rings (SSSR count). The molecule has 1 atom stereocenters. The van der Waals surface area contributed by atoms with E-state index in [0.29, 0.717) is 35.4 Å². The molecule has 1 unspecified atom stereocenters. The zero-order valence-electron chi connectivity index (χ0n) is 11.4. The summed E-state index contributed by atoms with van der Waals surface area (Å²) in [6, 6.07) is 5.11. The van der Waals surface area contributed by atoms with Crippen molar-refractivity contribution in [2.45, 2.75) is 25.3 Å². The maximum Gasteiger partial charge on any atom is 0.297 e. The number of aromatic nitrogens is 2. The van der Waals surface area contributed by atoms with E-state index in [2.05, 4.69) is 14.9 Å². The molecule has 0 saturated carbocycles. The number of benzene rings is 1. The Morgan fingerprint density at radius 2 is 2.24 bits per heavy atom. The maximum atomic E-state index is 11.2. The number of fused-ring (bicyclic) bond motifs is 4. The van der Waals surface area contributed by atoms with Crippen LogP contribution >= 0.6 is 0 Å². The molecule has 0 N–H and O–H groups in total. The number of piperidine rings is 1. The van der Waals surface area contributed by atoms with Gasteiger partial charge in [0.05, 0.1) is 16.5 Å². The molecule has 21 heavy (non-hydrogen) atoms. The third-order valence-corrected chi connectivity index (χ3v) is 4.13. The highest BCUT2D eigenvalue weighted by atomic mass is 16.6. The third-order valence-electron chi connectivity index (χ3n) is 4.13. The van der Waals surface area contributed by atoms with E-state index in [4.69, 9.17) is 4.74 Å². The molecule has 0 spiro atoms. The van der Waals surface area contributed by atoms with Gasteiger partial charge in [-0.2, -0.15) is 0 Å². The number of ether oxygens (including phenoxy) is 1. The Labute approximate surface area is 120 Å². The summed E-state index contributed by atoms with van der Waals surface area (Å²) in [6.07, 6.45) is 3.35. The molecule has 0 radical (unpaired) electrons. The lowest BCUT2D eigenvalue weighted by molar-refractivity contribution is -0.383. The minimum absolute atomic E-state index is 0.0121. The van der Waals surface area contributed by atoms with Gasteiger partial charge in [-0.05, 0) is 25.3 Å². The zero-order chi connectivity index (χ0) is 14.4. The van der Waals surface area contributed by atoms with E-state index in [1.54, 1.807) is 12.1 Å². The first-order chi connectivity index (χ1) is 10.2. The standard InChI is InChI=1S/C14H14N4O3/c19-18(20)11-6-3-5-10-12(11)16-13-14(15-10)21-8-9-4-1-2-7-17(9)13/h3,5-6,9H,1-2,4,7-8H2. The number of nitrogens with zero attached hydrogens (tertiary/aromatic N) is 4. The van der Waals surface area contributed by atoms with Crippen LogP contribution in [0.3, 0.4) is 0 Å². The number of anilines is 1. The highest BCUT2D eigenvalue weighted by Crippen LogP contribution is 2.37. The second kappa shape index (κ2) is 4.54. The first kappa shape index (κ1) is 12.3. The number of para-hydroxylation sites is 1. The van der Waals surface area contributed by atoms with Gasteiger partial charge in [0.25, 0.3) is 11.6 Å². The van der Waals surface area contributed by atoms with Crippen molar-refractivity contribution < 1.29 is 9.66 Å². The van der Waals surface area contributed by atoms with Crippen molar-refractivity contribution in [1.29, 1.82) is 0 Å². The molecule has 1 fully saturated rings. The van der Waals surface area contributed by atoms with Gasteiger partial charge in [0.15, 0.2) is 11.3 Å². The van der Waals surface area contributed by atoms with E-state index in [-0.39, 0.29) is 5.69 Å². The van der Waals surface area contributed by atoms with Crippen LogP contribution in [0.1, 0.15) is 19.3 Å².